The van der Waals surface area contributed by atoms with E-state index in [1.54, 1.807) is 7.05 Å². The maximum Gasteiger partial charge on any atom is 0.134 e. The van der Waals surface area contributed by atoms with Crippen LogP contribution in [0.5, 0.6) is 0 Å². The minimum Gasteiger partial charge on any atom is -0.388 e. The van der Waals surface area contributed by atoms with Crippen LogP contribution in [-0.4, -0.2) is 60.7 Å². The van der Waals surface area contributed by atoms with E-state index in [0.29, 0.717) is 18.7 Å². The number of allylic oxidation sites excluding steroid dienone is 4. The molecule has 2 aromatic rings. The molecule has 1 fully saturated rings. The Kier molecular flexibility index (Phi) is 10.00. The van der Waals surface area contributed by atoms with E-state index in [0.717, 1.165) is 52.8 Å². The molecule has 0 radical (unpaired) electrons. The molecule has 1 aromatic carbocycles. The fourth-order valence-corrected chi connectivity index (χ4v) is 4.47. The topological polar surface area (TPSA) is 60.8 Å². The average Bonchev–Trinajstić information content (AvgIpc) is 2.88. The zero-order valence-electron chi connectivity index (χ0n) is 21.9. The summed E-state index contributed by atoms with van der Waals surface area (Å²) in [6.45, 7) is 6.10. The van der Waals surface area contributed by atoms with Crippen LogP contribution >= 0.6 is 0 Å². The van der Waals surface area contributed by atoms with Gasteiger partial charge in [-0.2, -0.15) is 0 Å². The molecule has 1 aliphatic rings. The first-order chi connectivity index (χ1) is 17.4. The molecule has 0 aliphatic heterocycles. The lowest BCUT2D eigenvalue weighted by Gasteiger charge is -2.32. The number of unbranched alkanes of at least 4 members (excludes halogenated alkanes) is 1. The molecule has 5 nitrogen and oxygen atoms in total. The highest BCUT2D eigenvalue weighted by molar-refractivity contribution is 6.11. The van der Waals surface area contributed by atoms with Crippen LogP contribution in [0.4, 0.5) is 10.2 Å². The molecule has 0 spiro atoms. The van der Waals surface area contributed by atoms with Crippen LogP contribution in [0.2, 0.25) is 0 Å². The van der Waals surface area contributed by atoms with Gasteiger partial charge in [-0.15, -0.1) is 0 Å². The van der Waals surface area contributed by atoms with Gasteiger partial charge in [0, 0.05) is 44.7 Å². The minimum absolute atomic E-state index is 0.392. The highest BCUT2D eigenvalue weighted by atomic mass is 19.1. The average molecular weight is 491 g/mol. The second-order valence-electron chi connectivity index (χ2n) is 9.45. The summed E-state index contributed by atoms with van der Waals surface area (Å²) in [6.07, 6.45) is 9.29. The second-order valence-corrected chi connectivity index (χ2v) is 9.45. The van der Waals surface area contributed by atoms with Gasteiger partial charge in [-0.05, 0) is 60.6 Å². The van der Waals surface area contributed by atoms with Gasteiger partial charge in [-0.3, -0.25) is 4.99 Å². The molecule has 1 heterocycles. The Morgan fingerprint density at radius 2 is 2.06 bits per heavy atom. The first-order valence-electron chi connectivity index (χ1n) is 12.7. The quantitative estimate of drug-likeness (QED) is 0.299. The number of aromatic nitrogens is 1. The molecule has 192 valence electrons. The highest BCUT2D eigenvalue weighted by Crippen LogP contribution is 2.31. The predicted molar refractivity (Wildman–Crippen MR) is 151 cm³/mol. The number of hydrogen-bond acceptors (Lipinski definition) is 5. The number of aliphatic hydroxyl groups excluding tert-OH is 1. The van der Waals surface area contributed by atoms with Gasteiger partial charge in [0.25, 0.3) is 0 Å². The molecule has 2 N–H and O–H groups in total. The molecular weight excluding hydrogens is 451 g/mol. The van der Waals surface area contributed by atoms with Crippen molar-refractivity contribution in [2.75, 3.05) is 26.5 Å². The molecule has 1 aromatic heterocycles. The highest BCUT2D eigenvalue weighted by Gasteiger charge is 2.32. The zero-order valence-corrected chi connectivity index (χ0v) is 21.9. The third kappa shape index (κ3) is 6.91. The fraction of sp³-hybridized carbons (Fsp3) is 0.400. The first kappa shape index (κ1) is 27.3. The van der Waals surface area contributed by atoms with Crippen LogP contribution in [0, 0.1) is 0 Å². The summed E-state index contributed by atoms with van der Waals surface area (Å²) in [5.74, 6) is 0.631. The lowest BCUT2D eigenvalue weighted by molar-refractivity contribution is 0.0342. The zero-order chi connectivity index (χ0) is 26.1. The summed E-state index contributed by atoms with van der Waals surface area (Å²) in [5.41, 5.74) is 5.66. The van der Waals surface area contributed by atoms with Crippen LogP contribution in [-0.2, 0) is 0 Å². The standard InChI is InChI=1S/C30H39FN4O/c1-6-8-11-24(19-32-3)25-16-17-27(33-30(25)34-28-15-10-14-26(31)29(28)36)23-13-9-12-22(18-23)21(7-2)20-35(4)5/h7,9,11-13,16-20,26,28-29,36H,2,6,8,10,14-15H2,1,3-5H3,(H,33,34)/b21-20+,24-11+,32-19?/t26-,28+,29-/m1/s1. The van der Waals surface area contributed by atoms with Gasteiger partial charge in [-0.25, -0.2) is 9.37 Å². The van der Waals surface area contributed by atoms with Crippen LogP contribution in [0.1, 0.15) is 50.2 Å². The van der Waals surface area contributed by atoms with Gasteiger partial charge >= 0.3 is 0 Å². The van der Waals surface area contributed by atoms with E-state index in [1.165, 1.54) is 0 Å². The number of nitrogens with zero attached hydrogens (tertiary/aromatic N) is 3. The normalized spacial score (nSPS) is 21.0. The smallest absolute Gasteiger partial charge is 0.134 e. The molecule has 0 bridgehead atoms. The van der Waals surface area contributed by atoms with Gasteiger partial charge in [0.15, 0.2) is 0 Å². The summed E-state index contributed by atoms with van der Waals surface area (Å²) in [4.78, 5) is 11.2. The lowest BCUT2D eigenvalue weighted by Crippen LogP contribution is -2.43. The molecule has 36 heavy (non-hydrogen) atoms. The van der Waals surface area contributed by atoms with E-state index in [4.69, 9.17) is 4.98 Å². The maximum atomic E-state index is 14.3. The van der Waals surface area contributed by atoms with E-state index in [2.05, 4.69) is 42.0 Å². The Morgan fingerprint density at radius 1 is 1.25 bits per heavy atom. The van der Waals surface area contributed by atoms with E-state index >= 15 is 0 Å². The molecule has 0 amide bonds. The van der Waals surface area contributed by atoms with Crippen LogP contribution in [0.15, 0.2) is 66.3 Å². The predicted octanol–water partition coefficient (Wildman–Crippen LogP) is 6.38. The van der Waals surface area contributed by atoms with E-state index < -0.39 is 18.3 Å². The van der Waals surface area contributed by atoms with Crippen molar-refractivity contribution in [1.82, 2.24) is 9.88 Å². The number of benzene rings is 1. The largest absolute Gasteiger partial charge is 0.388 e. The molecule has 6 heteroatoms. The van der Waals surface area contributed by atoms with E-state index in [1.807, 2.05) is 61.8 Å². The second kappa shape index (κ2) is 13.2. The van der Waals surface area contributed by atoms with E-state index in [-0.39, 0.29) is 0 Å². The number of hydrogen-bond donors (Lipinski definition) is 2. The molecule has 3 atom stereocenters. The van der Waals surface area contributed by atoms with Crippen molar-refractivity contribution in [3.05, 3.63) is 72.5 Å². The third-order valence-electron chi connectivity index (χ3n) is 6.34. The number of alkyl halides is 1. The number of nitrogens with one attached hydrogen (secondary N) is 1. The summed E-state index contributed by atoms with van der Waals surface area (Å²) in [5, 5.41) is 13.9. The Morgan fingerprint density at radius 3 is 2.75 bits per heavy atom. The Bertz CT molecular complexity index is 1120. The van der Waals surface area contributed by atoms with Gasteiger partial charge in [-0.1, -0.05) is 50.3 Å². The summed E-state index contributed by atoms with van der Waals surface area (Å²) >= 11 is 0. The number of rotatable bonds is 10. The summed E-state index contributed by atoms with van der Waals surface area (Å²) in [6, 6.07) is 11.8. The summed E-state index contributed by atoms with van der Waals surface area (Å²) in [7, 11) is 5.71. The van der Waals surface area contributed by atoms with Gasteiger partial charge in [0.05, 0.1) is 11.7 Å². The van der Waals surface area contributed by atoms with Gasteiger partial charge in [0.2, 0.25) is 0 Å². The van der Waals surface area contributed by atoms with Crippen LogP contribution < -0.4 is 5.32 Å². The van der Waals surface area contributed by atoms with Crippen molar-refractivity contribution in [1.29, 1.82) is 0 Å². The molecule has 0 saturated heterocycles. The van der Waals surface area contributed by atoms with Crippen LogP contribution in [0.3, 0.4) is 0 Å². The molecule has 1 saturated carbocycles. The Balaban J connectivity index is 2.08. The maximum absolute atomic E-state index is 14.3. The van der Waals surface area contributed by atoms with Crippen molar-refractivity contribution in [3.63, 3.8) is 0 Å². The number of aliphatic hydroxyl groups is 1. The number of anilines is 1. The summed E-state index contributed by atoms with van der Waals surface area (Å²) < 4.78 is 14.3. The molecular formula is C30H39FN4O. The Labute approximate surface area is 215 Å². The fourth-order valence-electron chi connectivity index (χ4n) is 4.47. The van der Waals surface area contributed by atoms with Crippen molar-refractivity contribution in [2.45, 2.75) is 57.3 Å². The van der Waals surface area contributed by atoms with Crippen molar-refractivity contribution >= 4 is 23.2 Å². The third-order valence-corrected chi connectivity index (χ3v) is 6.34. The molecule has 1 aliphatic carbocycles. The van der Waals surface area contributed by atoms with Gasteiger partial charge < -0.3 is 15.3 Å². The first-order valence-corrected chi connectivity index (χ1v) is 12.7. The van der Waals surface area contributed by atoms with Crippen molar-refractivity contribution in [2.24, 2.45) is 4.99 Å². The Hall–Kier alpha value is -3.25. The van der Waals surface area contributed by atoms with Crippen LogP contribution in [0.25, 0.3) is 22.4 Å². The SMILES string of the molecule is C=C/C(=C\N(C)C)c1cccc(-c2ccc(/C(C=NC)=C/CCC)c(N[C@H]3CCC[C@@H](F)[C@H]3O)n2)c1. The number of aliphatic imine (C=N–C) groups is 1. The minimum atomic E-state index is -1.23. The van der Waals surface area contributed by atoms with Gasteiger partial charge in [0.1, 0.15) is 18.1 Å². The number of halogens is 1. The monoisotopic (exact) mass is 490 g/mol. The molecule has 3 rings (SSSR count). The van der Waals surface area contributed by atoms with E-state index in [9.17, 15) is 9.50 Å². The number of pyridine rings is 1. The van der Waals surface area contributed by atoms with Crippen molar-refractivity contribution in [3.8, 4) is 11.3 Å². The molecule has 0 unspecified atom stereocenters. The van der Waals surface area contributed by atoms with Crippen molar-refractivity contribution < 1.29 is 9.50 Å². The lowest BCUT2D eigenvalue weighted by atomic mass is 9.90.